The van der Waals surface area contributed by atoms with E-state index < -0.39 is 5.97 Å². The fourth-order valence-electron chi connectivity index (χ4n) is 2.29. The second-order valence-corrected chi connectivity index (χ2v) is 5.41. The van der Waals surface area contributed by atoms with Gasteiger partial charge in [0, 0.05) is 5.69 Å². The molecule has 2 aromatic rings. The quantitative estimate of drug-likeness (QED) is 0.633. The van der Waals surface area contributed by atoms with Crippen LogP contribution in [0.4, 0.5) is 11.4 Å². The molecule has 0 bridgehead atoms. The van der Waals surface area contributed by atoms with Gasteiger partial charge in [0.25, 0.3) is 0 Å². The zero-order valence-electron chi connectivity index (χ0n) is 13.4. The van der Waals surface area contributed by atoms with E-state index in [1.54, 1.807) is 18.2 Å². The molecule has 0 aliphatic rings. The zero-order valence-corrected chi connectivity index (χ0v) is 13.4. The molecule has 0 heterocycles. The van der Waals surface area contributed by atoms with Gasteiger partial charge in [-0.2, -0.15) is 0 Å². The Morgan fingerprint density at radius 1 is 1.04 bits per heavy atom. The van der Waals surface area contributed by atoms with Crippen molar-refractivity contribution in [3.63, 3.8) is 0 Å². The lowest BCUT2D eigenvalue weighted by atomic mass is 10.1. The van der Waals surface area contributed by atoms with Crippen molar-refractivity contribution in [3.05, 3.63) is 54.1 Å². The third-order valence-electron chi connectivity index (χ3n) is 3.56. The van der Waals surface area contributed by atoms with E-state index in [1.807, 2.05) is 30.3 Å². The molecule has 4 heteroatoms. The molecule has 0 fully saturated rings. The normalized spacial score (nSPS) is 10.3. The van der Waals surface area contributed by atoms with Crippen LogP contribution in [-0.2, 0) is 0 Å². The largest absolute Gasteiger partial charge is 0.494 e. The highest BCUT2D eigenvalue weighted by atomic mass is 16.5. The molecule has 0 amide bonds. The van der Waals surface area contributed by atoms with Gasteiger partial charge in [-0.3, -0.25) is 0 Å². The number of rotatable bonds is 9. The molecule has 0 saturated carbocycles. The number of nitrogens with one attached hydrogen (secondary N) is 1. The lowest BCUT2D eigenvalue weighted by Gasteiger charge is -2.11. The number of carbonyl (C=O) groups is 1. The van der Waals surface area contributed by atoms with Crippen LogP contribution in [-0.4, -0.2) is 17.7 Å². The molecule has 122 valence electrons. The van der Waals surface area contributed by atoms with Gasteiger partial charge in [0.15, 0.2) is 0 Å². The van der Waals surface area contributed by atoms with Crippen LogP contribution in [0.3, 0.4) is 0 Å². The second-order valence-electron chi connectivity index (χ2n) is 5.41. The summed E-state index contributed by atoms with van der Waals surface area (Å²) >= 11 is 0. The highest BCUT2D eigenvalue weighted by molar-refractivity contribution is 5.95. The lowest BCUT2D eigenvalue weighted by Crippen LogP contribution is -2.02. The summed E-state index contributed by atoms with van der Waals surface area (Å²) in [4.78, 5) is 11.2. The molecule has 0 spiro atoms. The smallest absolute Gasteiger partial charge is 0.337 e. The lowest BCUT2D eigenvalue weighted by molar-refractivity contribution is 0.0698. The van der Waals surface area contributed by atoms with E-state index in [0.29, 0.717) is 5.69 Å². The van der Waals surface area contributed by atoms with Crippen LogP contribution < -0.4 is 10.1 Å². The highest BCUT2D eigenvalue weighted by Gasteiger charge is 2.08. The topological polar surface area (TPSA) is 58.6 Å². The summed E-state index contributed by atoms with van der Waals surface area (Å²) < 4.78 is 5.70. The van der Waals surface area contributed by atoms with Gasteiger partial charge < -0.3 is 15.2 Å². The van der Waals surface area contributed by atoms with Gasteiger partial charge in [-0.05, 0) is 42.8 Å². The Morgan fingerprint density at radius 3 is 2.48 bits per heavy atom. The minimum atomic E-state index is -0.944. The number of unbranched alkanes of at least 4 members (excludes halogenated alkanes) is 3. The number of ether oxygens (including phenoxy) is 1. The van der Waals surface area contributed by atoms with Crippen LogP contribution in [0.1, 0.15) is 43.0 Å². The maximum Gasteiger partial charge on any atom is 0.337 e. The van der Waals surface area contributed by atoms with E-state index in [2.05, 4.69) is 12.2 Å². The second kappa shape index (κ2) is 8.83. The Labute approximate surface area is 137 Å². The summed E-state index contributed by atoms with van der Waals surface area (Å²) in [5, 5.41) is 12.3. The number of carboxylic acid groups (broad SMARTS) is 1. The first-order chi connectivity index (χ1) is 11.2. The van der Waals surface area contributed by atoms with Crippen molar-refractivity contribution in [2.75, 3.05) is 11.9 Å². The number of carboxylic acids is 1. The van der Waals surface area contributed by atoms with Crippen molar-refractivity contribution in [2.24, 2.45) is 0 Å². The van der Waals surface area contributed by atoms with Crippen molar-refractivity contribution < 1.29 is 14.6 Å². The van der Waals surface area contributed by atoms with Crippen molar-refractivity contribution in [2.45, 2.75) is 32.6 Å². The SMILES string of the molecule is CCCCCCOc1ccc(Nc2ccccc2C(=O)O)cc1. The molecule has 0 aliphatic carbocycles. The standard InChI is InChI=1S/C19H23NO3/c1-2-3-4-7-14-23-16-12-10-15(11-13-16)20-18-9-6-5-8-17(18)19(21)22/h5-6,8-13,20H,2-4,7,14H2,1H3,(H,21,22). The number of para-hydroxylation sites is 1. The van der Waals surface area contributed by atoms with Crippen LogP contribution in [0.15, 0.2) is 48.5 Å². The Kier molecular flexibility index (Phi) is 6.48. The van der Waals surface area contributed by atoms with Gasteiger partial charge in [0.05, 0.1) is 17.9 Å². The van der Waals surface area contributed by atoms with Crippen LogP contribution >= 0.6 is 0 Å². The number of aromatic carboxylic acids is 1. The Hall–Kier alpha value is -2.49. The van der Waals surface area contributed by atoms with E-state index in [4.69, 9.17) is 4.74 Å². The molecular weight excluding hydrogens is 290 g/mol. The van der Waals surface area contributed by atoms with Gasteiger partial charge >= 0.3 is 5.97 Å². The van der Waals surface area contributed by atoms with Gasteiger partial charge in [-0.15, -0.1) is 0 Å². The molecule has 0 atom stereocenters. The van der Waals surface area contributed by atoms with Gasteiger partial charge in [-0.25, -0.2) is 4.79 Å². The van der Waals surface area contributed by atoms with E-state index in [9.17, 15) is 9.90 Å². The number of hydrogen-bond donors (Lipinski definition) is 2. The Bertz CT molecular complexity index is 623. The maximum atomic E-state index is 11.2. The van der Waals surface area contributed by atoms with Crippen LogP contribution in [0, 0.1) is 0 Å². The summed E-state index contributed by atoms with van der Waals surface area (Å²) in [5.41, 5.74) is 1.66. The number of benzene rings is 2. The summed E-state index contributed by atoms with van der Waals surface area (Å²) in [6.07, 6.45) is 4.73. The van der Waals surface area contributed by atoms with E-state index in [1.165, 1.54) is 19.3 Å². The fraction of sp³-hybridized carbons (Fsp3) is 0.316. The molecule has 0 aromatic heterocycles. The molecule has 23 heavy (non-hydrogen) atoms. The number of hydrogen-bond acceptors (Lipinski definition) is 3. The number of anilines is 2. The molecule has 0 aliphatic heterocycles. The van der Waals surface area contributed by atoms with Crippen molar-refractivity contribution in [3.8, 4) is 5.75 Å². The Morgan fingerprint density at radius 2 is 1.78 bits per heavy atom. The van der Waals surface area contributed by atoms with Crippen molar-refractivity contribution >= 4 is 17.3 Å². The molecule has 2 rings (SSSR count). The van der Waals surface area contributed by atoms with Gasteiger partial charge in [-0.1, -0.05) is 38.3 Å². The predicted octanol–water partition coefficient (Wildman–Crippen LogP) is 5.09. The molecule has 2 aromatic carbocycles. The minimum absolute atomic E-state index is 0.253. The summed E-state index contributed by atoms with van der Waals surface area (Å²) in [6, 6.07) is 14.4. The summed E-state index contributed by atoms with van der Waals surface area (Å²) in [7, 11) is 0. The van der Waals surface area contributed by atoms with Crippen molar-refractivity contribution in [1.29, 1.82) is 0 Å². The maximum absolute atomic E-state index is 11.2. The van der Waals surface area contributed by atoms with Crippen LogP contribution in [0.5, 0.6) is 5.75 Å². The van der Waals surface area contributed by atoms with E-state index in [0.717, 1.165) is 24.5 Å². The molecule has 0 saturated heterocycles. The van der Waals surface area contributed by atoms with Crippen molar-refractivity contribution in [1.82, 2.24) is 0 Å². The first-order valence-electron chi connectivity index (χ1n) is 8.03. The van der Waals surface area contributed by atoms with Gasteiger partial charge in [0.1, 0.15) is 5.75 Å². The van der Waals surface area contributed by atoms with Crippen LogP contribution in [0.25, 0.3) is 0 Å². The van der Waals surface area contributed by atoms with Gasteiger partial charge in [0.2, 0.25) is 0 Å². The first kappa shape index (κ1) is 16.9. The average Bonchev–Trinajstić information content (AvgIpc) is 2.56. The minimum Gasteiger partial charge on any atom is -0.494 e. The highest BCUT2D eigenvalue weighted by Crippen LogP contribution is 2.23. The predicted molar refractivity (Wildman–Crippen MR) is 92.8 cm³/mol. The van der Waals surface area contributed by atoms with E-state index in [-0.39, 0.29) is 5.56 Å². The average molecular weight is 313 g/mol. The van der Waals surface area contributed by atoms with E-state index >= 15 is 0 Å². The molecular formula is C19H23NO3. The first-order valence-corrected chi connectivity index (χ1v) is 8.03. The molecule has 0 radical (unpaired) electrons. The molecule has 0 unspecified atom stereocenters. The zero-order chi connectivity index (χ0) is 16.5. The summed E-state index contributed by atoms with van der Waals surface area (Å²) in [6.45, 7) is 2.92. The van der Waals surface area contributed by atoms with Crippen LogP contribution in [0.2, 0.25) is 0 Å². The Balaban J connectivity index is 1.91. The third kappa shape index (κ3) is 5.33. The summed E-state index contributed by atoms with van der Waals surface area (Å²) in [5.74, 6) is -0.112. The third-order valence-corrected chi connectivity index (χ3v) is 3.56. The monoisotopic (exact) mass is 313 g/mol. The molecule has 4 nitrogen and oxygen atoms in total. The fourth-order valence-corrected chi connectivity index (χ4v) is 2.29. The molecule has 2 N–H and O–H groups in total.